The zero-order valence-electron chi connectivity index (χ0n) is 5.18. The van der Waals surface area contributed by atoms with E-state index in [1.54, 1.807) is 0 Å². The van der Waals surface area contributed by atoms with Crippen molar-refractivity contribution in [3.05, 3.63) is 0 Å². The Hall–Kier alpha value is -1.34. The maximum absolute atomic E-state index is 11.8. The van der Waals surface area contributed by atoms with Crippen LogP contribution < -0.4 is 5.11 Å². The number of hydrogen-bond acceptors (Lipinski definition) is 3. The van der Waals surface area contributed by atoms with Gasteiger partial charge in [0.1, 0.15) is 5.97 Å². The van der Waals surface area contributed by atoms with Gasteiger partial charge in [-0.1, -0.05) is 0 Å². The number of carboxylic acids is 2. The van der Waals surface area contributed by atoms with E-state index in [-0.39, 0.29) is 0 Å². The number of aliphatic carboxylic acids is 2. The topological polar surface area (TPSA) is 77.4 Å². The Morgan fingerprint density at radius 3 is 1.50 bits per heavy atom. The zero-order chi connectivity index (χ0) is 10.2. The van der Waals surface area contributed by atoms with Gasteiger partial charge in [0.2, 0.25) is 0 Å². The molecule has 4 nitrogen and oxygen atoms in total. The fourth-order valence-electron chi connectivity index (χ4n) is 0.262. The highest BCUT2D eigenvalue weighted by Gasteiger charge is 2.63. The summed E-state index contributed by atoms with van der Waals surface area (Å²) in [5.41, 5.74) is 0. The molecule has 0 aliphatic heterocycles. The van der Waals surface area contributed by atoms with Gasteiger partial charge < -0.3 is 15.0 Å². The molecule has 0 unspecified atom stereocenters. The molecule has 1 N–H and O–H groups in total. The van der Waals surface area contributed by atoms with Gasteiger partial charge in [0.25, 0.3) is 0 Å². The highest BCUT2D eigenvalue weighted by atomic mass is 19.3. The third kappa shape index (κ3) is 1.31. The lowest BCUT2D eigenvalue weighted by Crippen LogP contribution is -2.57. The summed E-state index contributed by atoms with van der Waals surface area (Å²) in [6.45, 7) is 0. The van der Waals surface area contributed by atoms with Crippen molar-refractivity contribution in [2.75, 3.05) is 0 Å². The summed E-state index contributed by atoms with van der Waals surface area (Å²) in [5, 5.41) is 16.9. The summed E-state index contributed by atoms with van der Waals surface area (Å²) in [4.78, 5) is 18.8. The Balaban J connectivity index is 5.01. The minimum atomic E-state index is -5.71. The lowest BCUT2D eigenvalue weighted by atomic mass is 10.2. The summed E-state index contributed by atoms with van der Waals surface area (Å²) in [6.07, 6.45) is 0. The van der Waals surface area contributed by atoms with E-state index < -0.39 is 23.8 Å². The quantitative estimate of drug-likeness (QED) is 0.583. The van der Waals surface area contributed by atoms with Gasteiger partial charge in [0.05, 0.1) is 0 Å². The maximum atomic E-state index is 11.8. The zero-order valence-corrected chi connectivity index (χ0v) is 5.18. The molecule has 0 bridgehead atoms. The summed E-state index contributed by atoms with van der Waals surface area (Å²) in [6, 6.07) is 0. The second kappa shape index (κ2) is 2.61. The van der Waals surface area contributed by atoms with Crippen LogP contribution in [0.4, 0.5) is 17.6 Å². The predicted molar refractivity (Wildman–Crippen MR) is 22.5 cm³/mol. The molecule has 0 heterocycles. The molecule has 70 valence electrons. The monoisotopic (exact) mass is 189 g/mol. The van der Waals surface area contributed by atoms with E-state index in [4.69, 9.17) is 5.11 Å². The molecule has 0 amide bonds. The molecule has 0 aromatic heterocycles. The van der Waals surface area contributed by atoms with E-state index in [0.717, 1.165) is 0 Å². The van der Waals surface area contributed by atoms with Crippen molar-refractivity contribution in [1.29, 1.82) is 0 Å². The van der Waals surface area contributed by atoms with E-state index >= 15 is 0 Å². The molecule has 0 saturated heterocycles. The van der Waals surface area contributed by atoms with Crippen LogP contribution in [0.3, 0.4) is 0 Å². The van der Waals surface area contributed by atoms with E-state index in [2.05, 4.69) is 0 Å². The van der Waals surface area contributed by atoms with E-state index in [9.17, 15) is 32.3 Å². The molecule has 0 rings (SSSR count). The number of carboxylic acid groups (broad SMARTS) is 2. The lowest BCUT2D eigenvalue weighted by molar-refractivity contribution is -0.346. The molecular formula is C4HF4O4-. The molecule has 0 saturated carbocycles. The predicted octanol–water partition coefficient (Wildman–Crippen LogP) is -0.909. The number of alkyl halides is 4. The van der Waals surface area contributed by atoms with Gasteiger partial charge in [-0.05, 0) is 0 Å². The third-order valence-corrected chi connectivity index (χ3v) is 0.919. The summed E-state index contributed by atoms with van der Waals surface area (Å²) in [7, 11) is 0. The Morgan fingerprint density at radius 1 is 1.08 bits per heavy atom. The number of halogens is 4. The van der Waals surface area contributed by atoms with Gasteiger partial charge in [-0.25, -0.2) is 4.79 Å². The lowest BCUT2D eigenvalue weighted by Gasteiger charge is -2.22. The fourth-order valence-corrected chi connectivity index (χ4v) is 0.262. The first-order chi connectivity index (χ1) is 5.14. The van der Waals surface area contributed by atoms with Crippen LogP contribution in [0.2, 0.25) is 0 Å². The average Bonchev–Trinajstić information content (AvgIpc) is 1.86. The molecule has 0 aromatic carbocycles. The van der Waals surface area contributed by atoms with Crippen LogP contribution in [0, 0.1) is 0 Å². The van der Waals surface area contributed by atoms with Crippen LogP contribution in [0.1, 0.15) is 0 Å². The van der Waals surface area contributed by atoms with Gasteiger partial charge in [0, 0.05) is 0 Å². The van der Waals surface area contributed by atoms with Crippen molar-refractivity contribution < 1.29 is 37.4 Å². The Morgan fingerprint density at radius 2 is 1.42 bits per heavy atom. The van der Waals surface area contributed by atoms with Crippen LogP contribution in [0.5, 0.6) is 0 Å². The number of rotatable bonds is 3. The molecule has 8 heteroatoms. The molecule has 0 aliphatic carbocycles. The summed E-state index contributed by atoms with van der Waals surface area (Å²) < 4.78 is 47.2. The normalized spacial score (nSPS) is 12.7. The minimum Gasteiger partial charge on any atom is -0.544 e. The average molecular weight is 189 g/mol. The van der Waals surface area contributed by atoms with Gasteiger partial charge >= 0.3 is 17.8 Å². The molecule has 0 atom stereocenters. The first-order valence-corrected chi connectivity index (χ1v) is 2.34. The van der Waals surface area contributed by atoms with E-state index in [1.807, 2.05) is 0 Å². The molecular weight excluding hydrogens is 188 g/mol. The van der Waals surface area contributed by atoms with Crippen molar-refractivity contribution >= 4 is 11.9 Å². The van der Waals surface area contributed by atoms with Crippen LogP contribution >= 0.6 is 0 Å². The first-order valence-electron chi connectivity index (χ1n) is 2.34. The smallest absolute Gasteiger partial charge is 0.409 e. The van der Waals surface area contributed by atoms with Crippen molar-refractivity contribution in [2.45, 2.75) is 11.8 Å². The van der Waals surface area contributed by atoms with Crippen molar-refractivity contribution in [1.82, 2.24) is 0 Å². The maximum Gasteiger partial charge on any atom is 0.409 e. The number of carbonyl (C=O) groups excluding carboxylic acids is 1. The van der Waals surface area contributed by atoms with Crippen molar-refractivity contribution in [2.24, 2.45) is 0 Å². The molecule has 0 fully saturated rings. The SMILES string of the molecule is O=C([O-])C(F)(F)C(F)(F)C(=O)O. The van der Waals surface area contributed by atoms with Gasteiger partial charge in [-0.2, -0.15) is 17.6 Å². The third-order valence-electron chi connectivity index (χ3n) is 0.919. The van der Waals surface area contributed by atoms with E-state index in [1.165, 1.54) is 0 Å². The van der Waals surface area contributed by atoms with Crippen LogP contribution in [0.15, 0.2) is 0 Å². The van der Waals surface area contributed by atoms with Crippen LogP contribution in [-0.2, 0) is 9.59 Å². The number of carbonyl (C=O) groups is 2. The first kappa shape index (κ1) is 10.7. The minimum absolute atomic E-state index is 3.23. The highest BCUT2D eigenvalue weighted by Crippen LogP contribution is 2.33. The van der Waals surface area contributed by atoms with Gasteiger partial charge in [-0.15, -0.1) is 0 Å². The summed E-state index contributed by atoms with van der Waals surface area (Å²) in [5.74, 6) is -18.0. The second-order valence-corrected chi connectivity index (χ2v) is 1.74. The Bertz CT molecular complexity index is 199. The second-order valence-electron chi connectivity index (χ2n) is 1.74. The van der Waals surface area contributed by atoms with E-state index in [0.29, 0.717) is 0 Å². The van der Waals surface area contributed by atoms with Crippen molar-refractivity contribution in [3.8, 4) is 0 Å². The van der Waals surface area contributed by atoms with Crippen LogP contribution in [0.25, 0.3) is 0 Å². The largest absolute Gasteiger partial charge is 0.544 e. The summed E-state index contributed by atoms with van der Waals surface area (Å²) >= 11 is 0. The molecule has 0 radical (unpaired) electrons. The molecule has 0 spiro atoms. The Kier molecular flexibility index (Phi) is 2.32. The Labute approximate surface area is 62.4 Å². The molecule has 0 aliphatic rings. The van der Waals surface area contributed by atoms with Crippen molar-refractivity contribution in [3.63, 3.8) is 0 Å². The highest BCUT2D eigenvalue weighted by molar-refractivity contribution is 5.87. The van der Waals surface area contributed by atoms with Gasteiger partial charge in [-0.3, -0.25) is 0 Å². The molecule has 12 heavy (non-hydrogen) atoms. The fraction of sp³-hybridized carbons (Fsp3) is 0.500. The standard InChI is InChI=1S/C4H2F4O4/c5-3(6,1(9)10)4(7,8)2(11)12/h(H,9,10)(H,11,12)/p-1. The molecule has 0 aromatic rings. The van der Waals surface area contributed by atoms with Gasteiger partial charge in [0.15, 0.2) is 0 Å². The number of hydrogen-bond donors (Lipinski definition) is 1. The van der Waals surface area contributed by atoms with Crippen LogP contribution in [-0.4, -0.2) is 28.9 Å².